The number of amides is 1. The number of nitro benzene ring substituents is 1. The number of pyridine rings is 1. The van der Waals surface area contributed by atoms with E-state index in [9.17, 15) is 28.4 Å². The number of ether oxygens (including phenoxy) is 3. The highest BCUT2D eigenvalue weighted by Gasteiger charge is 2.50. The Bertz CT molecular complexity index is 3420. The normalized spacial score (nSPS) is 22.8. The Morgan fingerprint density at radius 3 is 2.47 bits per heavy atom. The van der Waals surface area contributed by atoms with Gasteiger partial charge in [0.1, 0.15) is 22.8 Å². The van der Waals surface area contributed by atoms with E-state index in [-0.39, 0.29) is 51.8 Å². The molecule has 6 aromatic rings. The second-order valence-electron chi connectivity index (χ2n) is 21.9. The Morgan fingerprint density at radius 2 is 1.71 bits per heavy atom. The van der Waals surface area contributed by atoms with Gasteiger partial charge in [0.05, 0.1) is 49.5 Å². The van der Waals surface area contributed by atoms with Crippen LogP contribution in [-0.2, 0) is 16.6 Å². The lowest BCUT2D eigenvalue weighted by Gasteiger charge is -2.58. The zero-order chi connectivity index (χ0) is 58.4. The summed E-state index contributed by atoms with van der Waals surface area (Å²) in [6, 6.07) is 25.9. The Kier molecular flexibility index (Phi) is 13.0. The van der Waals surface area contributed by atoms with Crippen LogP contribution >= 0.6 is 0 Å². The number of nitro groups is 1. The lowest BCUT2D eigenvalue weighted by atomic mass is 9.59. The molecule has 1 spiro atoms. The van der Waals surface area contributed by atoms with Crippen molar-refractivity contribution in [1.29, 1.82) is 0 Å². The van der Waals surface area contributed by atoms with Crippen LogP contribution in [0, 0.1) is 21.4 Å². The van der Waals surface area contributed by atoms with E-state index in [1.54, 1.807) is 43.5 Å². The van der Waals surface area contributed by atoms with Crippen LogP contribution in [-0.4, -0.2) is 109 Å². The number of hydrogen-bond acceptors (Lipinski definition) is 14. The summed E-state index contributed by atoms with van der Waals surface area (Å²) < 4.78 is 92.6. The third kappa shape index (κ3) is 11.4. The molecular weight excluding hydrogens is 985 g/mol. The summed E-state index contributed by atoms with van der Waals surface area (Å²) in [5.41, 5.74) is 3.73. The number of H-pyrrole nitrogens is 1. The second kappa shape index (κ2) is 21.7. The summed E-state index contributed by atoms with van der Waals surface area (Å²) >= 11 is 0. The van der Waals surface area contributed by atoms with Gasteiger partial charge in [-0.25, -0.2) is 18.1 Å². The molecule has 2 aliphatic carbocycles. The topological polar surface area (TPSA) is 205 Å². The zero-order valence-electron chi connectivity index (χ0n) is 49.1. The van der Waals surface area contributed by atoms with Crippen molar-refractivity contribution in [2.24, 2.45) is 11.3 Å². The molecule has 18 heteroatoms. The predicted octanol–water partition coefficient (Wildman–Crippen LogP) is 10.2. The van der Waals surface area contributed by atoms with Gasteiger partial charge in [-0.3, -0.25) is 24.7 Å². The molecule has 2 aromatic heterocycles. The molecule has 4 heterocycles. The highest BCUT2D eigenvalue weighted by atomic mass is 32.2. The number of fused-ring (bicyclic) bond motifs is 1. The minimum absolute atomic E-state index is 0.0716. The van der Waals surface area contributed by atoms with Crippen LogP contribution in [0.5, 0.6) is 23.0 Å². The molecule has 2 saturated heterocycles. The van der Waals surface area contributed by atoms with Crippen LogP contribution in [0.15, 0.2) is 108 Å². The molecule has 17 nitrogen and oxygen atoms in total. The van der Waals surface area contributed by atoms with Gasteiger partial charge in [0, 0.05) is 87.3 Å². The number of anilines is 2. The van der Waals surface area contributed by atoms with Crippen LogP contribution in [0.25, 0.3) is 11.0 Å². The van der Waals surface area contributed by atoms with Crippen molar-refractivity contribution in [3.8, 4) is 23.0 Å². The summed E-state index contributed by atoms with van der Waals surface area (Å²) in [4.78, 5) is 40.1. The molecular formula is C58H70N8O9S. The molecule has 1 amide bonds. The van der Waals surface area contributed by atoms with Crippen LogP contribution in [0.4, 0.5) is 17.1 Å². The van der Waals surface area contributed by atoms with Gasteiger partial charge in [0.2, 0.25) is 0 Å². The van der Waals surface area contributed by atoms with Crippen molar-refractivity contribution in [1.82, 2.24) is 24.5 Å². The number of hydrogen-bond donors (Lipinski definition) is 4. The van der Waals surface area contributed by atoms with Crippen LogP contribution in [0.3, 0.4) is 0 Å². The van der Waals surface area contributed by atoms with Crippen molar-refractivity contribution < 1.29 is 45.7 Å². The number of carbonyl (C=O) groups excluding carboxylic acids is 1. The van der Waals surface area contributed by atoms with Gasteiger partial charge in [-0.2, -0.15) is 0 Å². The minimum Gasteiger partial charge on any atom is -0.493 e. The maximum absolute atomic E-state index is 14.2. The fourth-order valence-electron chi connectivity index (χ4n) is 12.0. The van der Waals surface area contributed by atoms with Crippen molar-refractivity contribution in [2.75, 3.05) is 63.6 Å². The molecule has 0 radical (unpaired) electrons. The van der Waals surface area contributed by atoms with Crippen molar-refractivity contribution >= 4 is 44.0 Å². The molecule has 402 valence electrons. The Balaban J connectivity index is 0.829. The van der Waals surface area contributed by atoms with Crippen molar-refractivity contribution in [3.05, 3.63) is 136 Å². The maximum Gasteiger partial charge on any atom is 0.293 e. The molecule has 1 atom stereocenters. The van der Waals surface area contributed by atoms with Crippen molar-refractivity contribution in [3.63, 3.8) is 0 Å². The van der Waals surface area contributed by atoms with Crippen LogP contribution < -0.4 is 29.1 Å². The summed E-state index contributed by atoms with van der Waals surface area (Å²) in [7, 11) is -10.2. The Hall–Kier alpha value is -6.73. The Labute approximate surface area is 453 Å². The molecule has 2 aliphatic heterocycles. The average Bonchev–Trinajstić information content (AvgIpc) is 1.95. The van der Waals surface area contributed by atoms with E-state index < -0.39 is 51.1 Å². The first kappa shape index (κ1) is 45.5. The molecule has 2 saturated carbocycles. The van der Waals surface area contributed by atoms with Crippen LogP contribution in [0.2, 0.25) is 0 Å². The standard InChI is InChI=1S/C58H70N8O9S/c1-38(2)46-8-6-7-9-47(46)51-37-63(36-40-10-15-52(73-4)54(28-40)74-5)26-27-65(51)43-32-58(33-43)21-24-64(25-22-58)42-11-13-48(53(30-42)75-44-29-41-18-23-59-55(41)61-35-44)56(67)62-76(71,72)45-12-14-49(50(31-45)66(69)70)60-34-39-16-19-57(3,68)20-17-39/h6-15,18,23,28-31,35,38-39,43,51,60,68H,16-17,19-22,24-27,32-34,36-37H2,1-5H3,(H,59,61)(H,62,67)/t39?,51-,57?/m0/s1/i4D3,5D3. The molecule has 0 unspecified atom stereocenters. The SMILES string of the molecule is [2H]C([2H])([2H])Oc1ccc(CN2CCN(C3CC4(CCN(c5ccc(C(=O)NS(=O)(=O)c6ccc(NCC7CCC(C)(O)CC7)c([N+](=O)[O-])c6)c(Oc6cnc7[nH]ccc7c6)c5)CC4)C3)[C@H](c3ccccc3C(C)C)C2)cc1OC([2H])([2H])[2H]. The number of aromatic amines is 1. The van der Waals surface area contributed by atoms with Gasteiger partial charge in [0.15, 0.2) is 11.5 Å². The second-order valence-corrected chi connectivity index (χ2v) is 23.6. The lowest BCUT2D eigenvalue weighted by Crippen LogP contribution is -2.60. The zero-order valence-corrected chi connectivity index (χ0v) is 43.9. The van der Waals surface area contributed by atoms with E-state index >= 15 is 0 Å². The molecule has 0 bridgehead atoms. The number of aromatic nitrogens is 2. The predicted molar refractivity (Wildman–Crippen MR) is 293 cm³/mol. The molecule has 4 aromatic carbocycles. The average molecular weight is 1060 g/mol. The van der Waals surface area contributed by atoms with Gasteiger partial charge >= 0.3 is 0 Å². The smallest absolute Gasteiger partial charge is 0.293 e. The fraction of sp³-hybridized carbons (Fsp3) is 0.448. The largest absolute Gasteiger partial charge is 0.493 e. The number of sulfonamides is 1. The number of rotatable bonds is 17. The fourth-order valence-corrected chi connectivity index (χ4v) is 13.0. The van der Waals surface area contributed by atoms with Gasteiger partial charge in [-0.15, -0.1) is 0 Å². The van der Waals surface area contributed by atoms with E-state index in [1.807, 2.05) is 6.07 Å². The highest BCUT2D eigenvalue weighted by Crippen LogP contribution is 2.53. The van der Waals surface area contributed by atoms with Gasteiger partial charge < -0.3 is 34.5 Å². The van der Waals surface area contributed by atoms with E-state index in [0.29, 0.717) is 49.9 Å². The van der Waals surface area contributed by atoms with Gasteiger partial charge in [-0.1, -0.05) is 44.2 Å². The highest BCUT2D eigenvalue weighted by molar-refractivity contribution is 7.90. The van der Waals surface area contributed by atoms with Gasteiger partial charge in [-0.05, 0) is 141 Å². The first-order valence-electron chi connectivity index (χ1n) is 29.2. The van der Waals surface area contributed by atoms with Crippen LogP contribution in [0.1, 0.15) is 119 Å². The first-order chi connectivity index (χ1) is 38.8. The van der Waals surface area contributed by atoms with E-state index in [1.165, 1.54) is 41.6 Å². The molecule has 76 heavy (non-hydrogen) atoms. The lowest BCUT2D eigenvalue weighted by molar-refractivity contribution is -0.384. The third-order valence-electron chi connectivity index (χ3n) is 16.4. The third-order valence-corrected chi connectivity index (χ3v) is 17.7. The number of piperazine rings is 1. The number of aliphatic hydroxyl groups is 1. The molecule has 4 fully saturated rings. The Morgan fingerprint density at radius 1 is 0.934 bits per heavy atom. The molecule has 4 aliphatic rings. The molecule has 10 rings (SSSR count). The maximum atomic E-state index is 14.2. The number of nitrogens with zero attached hydrogens (tertiary/aromatic N) is 5. The number of piperidine rings is 1. The number of nitrogens with one attached hydrogen (secondary N) is 3. The number of benzene rings is 4. The summed E-state index contributed by atoms with van der Waals surface area (Å²) in [6.07, 6.45) is 9.85. The van der Waals surface area contributed by atoms with E-state index in [4.69, 9.17) is 22.4 Å². The van der Waals surface area contributed by atoms with E-state index in [0.717, 1.165) is 87.4 Å². The quantitative estimate of drug-likeness (QED) is 0.0496. The minimum atomic E-state index is -4.63. The molecule has 4 N–H and O–H groups in total. The van der Waals surface area contributed by atoms with Gasteiger partial charge in [0.25, 0.3) is 21.6 Å². The summed E-state index contributed by atoms with van der Waals surface area (Å²) in [5.74, 6) is -0.440. The summed E-state index contributed by atoms with van der Waals surface area (Å²) in [6.45, 7) is 10.8. The monoisotopic (exact) mass is 1060 g/mol. The summed E-state index contributed by atoms with van der Waals surface area (Å²) in [5, 5.41) is 26.5. The van der Waals surface area contributed by atoms with E-state index in [2.05, 4.69) is 72.8 Å². The van der Waals surface area contributed by atoms with Crippen molar-refractivity contribution in [2.45, 2.75) is 107 Å². The number of methoxy groups -OCH3 is 2. The first-order valence-corrected chi connectivity index (χ1v) is 27.7. The number of carbonyl (C=O) groups is 1.